The molecule has 3 aliphatic heterocycles. The van der Waals surface area contributed by atoms with Crippen LogP contribution in [0.4, 0.5) is 10.2 Å². The Morgan fingerprint density at radius 2 is 1.91 bits per heavy atom. The molecular weight excluding hydrogens is 571 g/mol. The molecule has 0 aliphatic carbocycles. The van der Waals surface area contributed by atoms with E-state index >= 15 is 0 Å². The zero-order valence-corrected chi connectivity index (χ0v) is 24.4. The van der Waals surface area contributed by atoms with Crippen molar-refractivity contribution < 1.29 is 9.18 Å². The fraction of sp³-hybridized carbons (Fsp3) is 0.467. The lowest BCUT2D eigenvalue weighted by Crippen LogP contribution is -2.66. The van der Waals surface area contributed by atoms with Crippen molar-refractivity contribution in [1.29, 1.82) is 5.26 Å². The van der Waals surface area contributed by atoms with Crippen LogP contribution in [0, 0.1) is 23.1 Å². The number of amides is 1. The maximum atomic E-state index is 14.3. The average molecular weight is 603 g/mol. The van der Waals surface area contributed by atoms with Crippen LogP contribution in [-0.2, 0) is 10.3 Å². The number of nitrogens with zero attached hydrogens (tertiary/aromatic N) is 9. The van der Waals surface area contributed by atoms with Crippen LogP contribution in [0.15, 0.2) is 43.2 Å². The summed E-state index contributed by atoms with van der Waals surface area (Å²) in [6.07, 6.45) is 12.2. The number of aromatic amines is 1. The number of aromatic nitrogens is 6. The molecule has 11 nitrogen and oxygen atoms in total. The third-order valence-electron chi connectivity index (χ3n) is 9.32. The van der Waals surface area contributed by atoms with Crippen molar-refractivity contribution in [3.05, 3.63) is 54.1 Å². The molecule has 222 valence electrons. The molecule has 0 bridgehead atoms. The van der Waals surface area contributed by atoms with Crippen molar-refractivity contribution in [2.75, 3.05) is 44.2 Å². The number of rotatable bonds is 6. The topological polar surface area (TPSA) is 123 Å². The van der Waals surface area contributed by atoms with Gasteiger partial charge in [-0.25, -0.2) is 19.3 Å². The molecule has 1 N–H and O–H groups in total. The zero-order chi connectivity index (χ0) is 29.6. The van der Waals surface area contributed by atoms with Gasteiger partial charge in [-0.3, -0.25) is 14.4 Å². The summed E-state index contributed by atoms with van der Waals surface area (Å²) >= 11 is 5.84. The summed E-state index contributed by atoms with van der Waals surface area (Å²) in [4.78, 5) is 35.7. The minimum absolute atomic E-state index is 0.0492. The first kappa shape index (κ1) is 27.7. The third-order valence-corrected chi connectivity index (χ3v) is 9.53. The van der Waals surface area contributed by atoms with Gasteiger partial charge >= 0.3 is 0 Å². The first-order valence-corrected chi connectivity index (χ1v) is 15.1. The first-order valence-electron chi connectivity index (χ1n) is 14.7. The van der Waals surface area contributed by atoms with E-state index in [1.165, 1.54) is 12.3 Å². The minimum atomic E-state index is -0.430. The van der Waals surface area contributed by atoms with Gasteiger partial charge in [-0.2, -0.15) is 10.4 Å². The summed E-state index contributed by atoms with van der Waals surface area (Å²) in [6.45, 7) is 4.14. The van der Waals surface area contributed by atoms with Gasteiger partial charge in [0.1, 0.15) is 17.5 Å². The standard InChI is InChI=1S/C30H32ClFN10O/c31-22-13-25(32)28(35-15-22)39-9-2-20(3-10-39)29(43)40-11-4-23(5-12-40)41-17-30(18-41,6-7-33)42-16-21(14-38-42)26-24-1-8-34-27(24)37-19-36-26/h1,8,13-16,19-20,23H,2-6,9-12,17-18H2,(H,34,36,37). The van der Waals surface area contributed by atoms with Gasteiger partial charge in [-0.15, -0.1) is 0 Å². The van der Waals surface area contributed by atoms with Crippen LogP contribution >= 0.6 is 11.6 Å². The quantitative estimate of drug-likeness (QED) is 0.353. The van der Waals surface area contributed by atoms with E-state index in [4.69, 9.17) is 11.6 Å². The average Bonchev–Trinajstić information content (AvgIpc) is 3.69. The zero-order valence-electron chi connectivity index (χ0n) is 23.7. The number of piperidine rings is 2. The van der Waals surface area contributed by atoms with Gasteiger partial charge in [0.15, 0.2) is 11.6 Å². The Bertz CT molecular complexity index is 1680. The summed E-state index contributed by atoms with van der Waals surface area (Å²) in [5, 5.41) is 15.6. The smallest absolute Gasteiger partial charge is 0.225 e. The molecule has 4 aromatic heterocycles. The predicted molar refractivity (Wildman–Crippen MR) is 159 cm³/mol. The van der Waals surface area contributed by atoms with E-state index in [0.29, 0.717) is 44.2 Å². The summed E-state index contributed by atoms with van der Waals surface area (Å²) in [5.41, 5.74) is 2.11. The summed E-state index contributed by atoms with van der Waals surface area (Å²) in [7, 11) is 0. The highest BCUT2D eigenvalue weighted by Crippen LogP contribution is 2.37. The van der Waals surface area contributed by atoms with Gasteiger partial charge in [0, 0.05) is 80.8 Å². The summed E-state index contributed by atoms with van der Waals surface area (Å²) in [5.74, 6) is 0.0275. The Morgan fingerprint density at radius 1 is 1.12 bits per heavy atom. The molecule has 3 aliphatic rings. The van der Waals surface area contributed by atoms with Crippen LogP contribution in [0.1, 0.15) is 32.1 Å². The second kappa shape index (κ2) is 11.2. The van der Waals surface area contributed by atoms with Crippen molar-refractivity contribution in [3.8, 4) is 17.3 Å². The molecule has 0 unspecified atom stereocenters. The van der Waals surface area contributed by atoms with Gasteiger partial charge < -0.3 is 14.8 Å². The second-order valence-corrected chi connectivity index (χ2v) is 12.3. The van der Waals surface area contributed by atoms with Crippen molar-refractivity contribution in [2.45, 2.75) is 43.7 Å². The monoisotopic (exact) mass is 602 g/mol. The van der Waals surface area contributed by atoms with Gasteiger partial charge in [0.2, 0.25) is 5.91 Å². The van der Waals surface area contributed by atoms with E-state index in [2.05, 4.69) is 36.0 Å². The number of carbonyl (C=O) groups excluding carboxylic acids is 1. The van der Waals surface area contributed by atoms with Crippen molar-refractivity contribution in [2.24, 2.45) is 5.92 Å². The predicted octanol–water partition coefficient (Wildman–Crippen LogP) is 3.84. The van der Waals surface area contributed by atoms with E-state index in [9.17, 15) is 14.4 Å². The SMILES string of the molecule is N#CCC1(n2cc(-c3ncnc4[nH]ccc34)cn2)CN(C2CCN(C(=O)C3CCN(c4ncc(Cl)cc4F)CC3)CC2)C1. The molecular formula is C30H32ClFN10O. The van der Waals surface area contributed by atoms with Crippen molar-refractivity contribution >= 4 is 34.4 Å². The molecule has 7 heterocycles. The van der Waals surface area contributed by atoms with E-state index in [1.807, 2.05) is 39.1 Å². The number of hydrogen-bond acceptors (Lipinski definition) is 8. The van der Waals surface area contributed by atoms with Crippen LogP contribution in [0.3, 0.4) is 0 Å². The second-order valence-electron chi connectivity index (χ2n) is 11.9. The lowest BCUT2D eigenvalue weighted by Gasteiger charge is -2.53. The number of hydrogen-bond donors (Lipinski definition) is 1. The van der Waals surface area contributed by atoms with Crippen LogP contribution in [0.5, 0.6) is 0 Å². The van der Waals surface area contributed by atoms with Gasteiger partial charge in [-0.1, -0.05) is 11.6 Å². The lowest BCUT2D eigenvalue weighted by molar-refractivity contribution is -0.138. The molecule has 0 radical (unpaired) electrons. The number of nitrogens with one attached hydrogen (secondary N) is 1. The number of anilines is 1. The fourth-order valence-electron chi connectivity index (χ4n) is 6.95. The molecule has 43 heavy (non-hydrogen) atoms. The van der Waals surface area contributed by atoms with E-state index in [1.54, 1.807) is 6.33 Å². The highest BCUT2D eigenvalue weighted by atomic mass is 35.5. The number of nitriles is 1. The number of halogens is 2. The van der Waals surface area contributed by atoms with Crippen LogP contribution in [-0.4, -0.2) is 90.7 Å². The minimum Gasteiger partial charge on any atom is -0.354 e. The molecule has 0 spiro atoms. The lowest BCUT2D eigenvalue weighted by atomic mass is 9.83. The highest BCUT2D eigenvalue weighted by Gasteiger charge is 2.48. The number of fused-ring (bicyclic) bond motifs is 1. The Morgan fingerprint density at radius 3 is 2.65 bits per heavy atom. The summed E-state index contributed by atoms with van der Waals surface area (Å²) in [6, 6.07) is 5.98. The summed E-state index contributed by atoms with van der Waals surface area (Å²) < 4.78 is 16.3. The fourth-order valence-corrected chi connectivity index (χ4v) is 7.09. The normalized spacial score (nSPS) is 19.8. The van der Waals surface area contributed by atoms with Gasteiger partial charge in [-0.05, 0) is 37.8 Å². The highest BCUT2D eigenvalue weighted by molar-refractivity contribution is 6.30. The van der Waals surface area contributed by atoms with E-state index < -0.39 is 5.82 Å². The first-order chi connectivity index (χ1) is 20.9. The molecule has 0 atom stereocenters. The molecule has 4 aromatic rings. The Hall–Kier alpha value is -4.08. The molecule has 3 fully saturated rings. The molecule has 0 saturated carbocycles. The van der Waals surface area contributed by atoms with Gasteiger partial charge in [0.05, 0.1) is 29.4 Å². The largest absolute Gasteiger partial charge is 0.354 e. The van der Waals surface area contributed by atoms with E-state index in [-0.39, 0.29) is 22.4 Å². The number of carbonyl (C=O) groups is 1. The maximum Gasteiger partial charge on any atom is 0.225 e. The Balaban J connectivity index is 0.936. The van der Waals surface area contributed by atoms with E-state index in [0.717, 1.165) is 61.3 Å². The number of pyridine rings is 1. The maximum absolute atomic E-state index is 14.3. The Labute approximate surface area is 253 Å². The van der Waals surface area contributed by atoms with Crippen molar-refractivity contribution in [1.82, 2.24) is 39.5 Å². The van der Waals surface area contributed by atoms with Crippen LogP contribution < -0.4 is 4.90 Å². The van der Waals surface area contributed by atoms with Crippen LogP contribution in [0.25, 0.3) is 22.3 Å². The van der Waals surface area contributed by atoms with Crippen LogP contribution in [0.2, 0.25) is 5.02 Å². The Kier molecular flexibility index (Phi) is 7.23. The molecule has 1 amide bonds. The van der Waals surface area contributed by atoms with Gasteiger partial charge in [0.25, 0.3) is 0 Å². The third kappa shape index (κ3) is 5.10. The van der Waals surface area contributed by atoms with Crippen molar-refractivity contribution in [3.63, 3.8) is 0 Å². The molecule has 7 rings (SSSR count). The molecule has 0 aromatic carbocycles. The number of H-pyrrole nitrogens is 1. The molecule has 13 heteroatoms. The number of likely N-dealkylation sites (tertiary alicyclic amines) is 2. The molecule has 3 saturated heterocycles.